The lowest BCUT2D eigenvalue weighted by Gasteiger charge is -2.28. The van der Waals surface area contributed by atoms with Crippen LogP contribution in [0.4, 0.5) is 11.4 Å². The predicted octanol–water partition coefficient (Wildman–Crippen LogP) is 3.59. The molecule has 1 aliphatic heterocycles. The molecule has 0 saturated carbocycles. The van der Waals surface area contributed by atoms with Crippen LogP contribution < -0.4 is 10.2 Å². The molecule has 1 atom stereocenters. The highest BCUT2D eigenvalue weighted by Crippen LogP contribution is 2.29. The van der Waals surface area contributed by atoms with Gasteiger partial charge in [-0.2, -0.15) is 0 Å². The second-order valence-corrected chi connectivity index (χ2v) is 7.95. The van der Waals surface area contributed by atoms with E-state index in [1.54, 1.807) is 19.3 Å². The largest absolute Gasteiger partial charge is 0.469 e. The number of carbonyl (C=O) groups is 1. The SMILES string of the molecule is Cc1occc1-c1nnc(SC(C)C(=O)Nc2ccc(N3CCOCC3)cc2)o1. The Kier molecular flexibility index (Phi) is 5.86. The molecule has 2 aromatic heterocycles. The maximum Gasteiger partial charge on any atom is 0.277 e. The molecule has 1 aliphatic rings. The van der Waals surface area contributed by atoms with Gasteiger partial charge in [0.2, 0.25) is 5.91 Å². The van der Waals surface area contributed by atoms with E-state index in [1.165, 1.54) is 11.8 Å². The third-order valence-electron chi connectivity index (χ3n) is 4.65. The third-order valence-corrected chi connectivity index (χ3v) is 5.59. The summed E-state index contributed by atoms with van der Waals surface area (Å²) in [5.74, 6) is 0.954. The number of hydrogen-bond acceptors (Lipinski definition) is 8. The van der Waals surface area contributed by atoms with E-state index >= 15 is 0 Å². The lowest BCUT2D eigenvalue weighted by molar-refractivity contribution is -0.115. The first-order valence-corrected chi connectivity index (χ1v) is 10.3. The molecule has 0 spiro atoms. The summed E-state index contributed by atoms with van der Waals surface area (Å²) in [6.07, 6.45) is 1.57. The minimum atomic E-state index is -0.396. The van der Waals surface area contributed by atoms with Crippen molar-refractivity contribution < 1.29 is 18.4 Å². The van der Waals surface area contributed by atoms with Crippen molar-refractivity contribution in [3.8, 4) is 11.5 Å². The Labute approximate surface area is 172 Å². The summed E-state index contributed by atoms with van der Waals surface area (Å²) in [6.45, 7) is 6.87. The van der Waals surface area contributed by atoms with Gasteiger partial charge in [0.15, 0.2) is 0 Å². The van der Waals surface area contributed by atoms with E-state index in [0.29, 0.717) is 16.9 Å². The smallest absolute Gasteiger partial charge is 0.277 e. The quantitative estimate of drug-likeness (QED) is 0.612. The molecule has 9 heteroatoms. The number of morpholine rings is 1. The van der Waals surface area contributed by atoms with Crippen molar-refractivity contribution >= 4 is 29.0 Å². The first-order valence-electron chi connectivity index (χ1n) is 9.38. The topological polar surface area (TPSA) is 93.6 Å². The van der Waals surface area contributed by atoms with Crippen molar-refractivity contribution in [1.82, 2.24) is 10.2 Å². The van der Waals surface area contributed by atoms with Gasteiger partial charge < -0.3 is 23.8 Å². The maximum absolute atomic E-state index is 12.5. The Balaban J connectivity index is 1.33. The van der Waals surface area contributed by atoms with Crippen LogP contribution in [0.15, 0.2) is 50.7 Å². The lowest BCUT2D eigenvalue weighted by Crippen LogP contribution is -2.36. The van der Waals surface area contributed by atoms with E-state index in [1.807, 2.05) is 31.2 Å². The highest BCUT2D eigenvalue weighted by Gasteiger charge is 2.20. The van der Waals surface area contributed by atoms with Crippen molar-refractivity contribution in [2.75, 3.05) is 36.5 Å². The molecule has 152 valence electrons. The van der Waals surface area contributed by atoms with E-state index in [2.05, 4.69) is 20.4 Å². The fraction of sp³-hybridized carbons (Fsp3) is 0.350. The summed E-state index contributed by atoms with van der Waals surface area (Å²) < 4.78 is 16.3. The van der Waals surface area contributed by atoms with Crippen molar-refractivity contribution in [1.29, 1.82) is 0 Å². The molecule has 1 N–H and O–H groups in total. The molecule has 0 radical (unpaired) electrons. The molecule has 1 fully saturated rings. The summed E-state index contributed by atoms with van der Waals surface area (Å²) in [6, 6.07) is 9.61. The van der Waals surface area contributed by atoms with Crippen molar-refractivity contribution in [3.05, 3.63) is 42.4 Å². The summed E-state index contributed by atoms with van der Waals surface area (Å²) >= 11 is 1.22. The Morgan fingerprint density at radius 2 is 1.93 bits per heavy atom. The van der Waals surface area contributed by atoms with Gasteiger partial charge in [0.1, 0.15) is 5.76 Å². The summed E-state index contributed by atoms with van der Waals surface area (Å²) in [5.41, 5.74) is 2.63. The van der Waals surface area contributed by atoms with Crippen LogP contribution in [0.25, 0.3) is 11.5 Å². The predicted molar refractivity (Wildman–Crippen MR) is 110 cm³/mol. The summed E-state index contributed by atoms with van der Waals surface area (Å²) in [5, 5.41) is 10.9. The Hall–Kier alpha value is -2.78. The van der Waals surface area contributed by atoms with Crippen LogP contribution in [0.3, 0.4) is 0 Å². The highest BCUT2D eigenvalue weighted by atomic mass is 32.2. The number of nitrogens with zero attached hydrogens (tertiary/aromatic N) is 3. The molecule has 3 aromatic rings. The average Bonchev–Trinajstić information content (AvgIpc) is 3.37. The number of hydrogen-bond donors (Lipinski definition) is 1. The molecule has 4 rings (SSSR count). The number of furan rings is 1. The van der Waals surface area contributed by atoms with E-state index < -0.39 is 5.25 Å². The van der Waals surface area contributed by atoms with Gasteiger partial charge in [-0.05, 0) is 44.2 Å². The number of rotatable bonds is 6. The second kappa shape index (κ2) is 8.71. The zero-order valence-corrected chi connectivity index (χ0v) is 17.1. The van der Waals surface area contributed by atoms with Crippen molar-refractivity contribution in [2.45, 2.75) is 24.3 Å². The summed E-state index contributed by atoms with van der Waals surface area (Å²) in [7, 11) is 0. The number of nitrogens with one attached hydrogen (secondary N) is 1. The van der Waals surface area contributed by atoms with Gasteiger partial charge in [-0.15, -0.1) is 10.2 Å². The Bertz CT molecular complexity index is 963. The number of aryl methyl sites for hydroxylation is 1. The van der Waals surface area contributed by atoms with Crippen molar-refractivity contribution in [2.24, 2.45) is 0 Å². The number of anilines is 2. The number of carbonyl (C=O) groups excluding carboxylic acids is 1. The van der Waals surface area contributed by atoms with Gasteiger partial charge in [0.25, 0.3) is 11.1 Å². The molecule has 0 aliphatic carbocycles. The molecule has 29 heavy (non-hydrogen) atoms. The first-order chi connectivity index (χ1) is 14.1. The van der Waals surface area contributed by atoms with Crippen LogP contribution in [0, 0.1) is 6.92 Å². The van der Waals surface area contributed by atoms with Gasteiger partial charge in [0, 0.05) is 24.5 Å². The lowest BCUT2D eigenvalue weighted by atomic mass is 10.2. The number of benzene rings is 1. The maximum atomic E-state index is 12.5. The highest BCUT2D eigenvalue weighted by molar-refractivity contribution is 8.00. The van der Waals surface area contributed by atoms with E-state index in [0.717, 1.165) is 43.2 Å². The van der Waals surface area contributed by atoms with Crippen LogP contribution in [0.1, 0.15) is 12.7 Å². The van der Waals surface area contributed by atoms with E-state index in [9.17, 15) is 4.79 Å². The molecule has 1 saturated heterocycles. The van der Waals surface area contributed by atoms with Gasteiger partial charge in [-0.3, -0.25) is 4.79 Å². The van der Waals surface area contributed by atoms with Crippen LogP contribution in [0.2, 0.25) is 0 Å². The Morgan fingerprint density at radius 1 is 1.17 bits per heavy atom. The minimum Gasteiger partial charge on any atom is -0.469 e. The fourth-order valence-electron chi connectivity index (χ4n) is 3.00. The number of aromatic nitrogens is 2. The van der Waals surface area contributed by atoms with Crippen LogP contribution >= 0.6 is 11.8 Å². The molecule has 1 unspecified atom stereocenters. The number of thioether (sulfide) groups is 1. The second-order valence-electron chi connectivity index (χ2n) is 6.66. The normalized spacial score (nSPS) is 15.3. The zero-order valence-electron chi connectivity index (χ0n) is 16.3. The fourth-order valence-corrected chi connectivity index (χ4v) is 3.68. The number of amides is 1. The van der Waals surface area contributed by atoms with Gasteiger partial charge in [-0.25, -0.2) is 0 Å². The molecule has 3 heterocycles. The van der Waals surface area contributed by atoms with Crippen LogP contribution in [-0.2, 0) is 9.53 Å². The number of ether oxygens (including phenoxy) is 1. The van der Waals surface area contributed by atoms with Crippen LogP contribution in [-0.4, -0.2) is 47.7 Å². The van der Waals surface area contributed by atoms with E-state index in [-0.39, 0.29) is 5.91 Å². The monoisotopic (exact) mass is 414 g/mol. The third kappa shape index (κ3) is 4.63. The first kappa shape index (κ1) is 19.5. The molecule has 1 amide bonds. The van der Waals surface area contributed by atoms with Crippen molar-refractivity contribution in [3.63, 3.8) is 0 Å². The van der Waals surface area contributed by atoms with Gasteiger partial charge in [0.05, 0.1) is 30.3 Å². The summed E-state index contributed by atoms with van der Waals surface area (Å²) in [4.78, 5) is 14.8. The molecular formula is C20H22N4O4S. The van der Waals surface area contributed by atoms with E-state index in [4.69, 9.17) is 13.6 Å². The molecular weight excluding hydrogens is 392 g/mol. The molecule has 1 aromatic carbocycles. The molecule has 0 bridgehead atoms. The van der Waals surface area contributed by atoms with Crippen LogP contribution in [0.5, 0.6) is 0 Å². The standard InChI is InChI=1S/C20H22N4O4S/c1-13-17(7-10-27-13)19-22-23-20(28-19)29-14(2)18(25)21-15-3-5-16(6-4-15)24-8-11-26-12-9-24/h3-7,10,14H,8-9,11-12H2,1-2H3,(H,21,25). The van der Waals surface area contributed by atoms with Gasteiger partial charge in [-0.1, -0.05) is 11.8 Å². The average molecular weight is 414 g/mol. The Morgan fingerprint density at radius 3 is 2.62 bits per heavy atom. The minimum absolute atomic E-state index is 0.131. The molecule has 8 nitrogen and oxygen atoms in total. The van der Waals surface area contributed by atoms with Gasteiger partial charge >= 0.3 is 0 Å². The zero-order chi connectivity index (χ0) is 20.2.